The molecule has 0 bridgehead atoms. The molecule has 0 radical (unpaired) electrons. The van der Waals surface area contributed by atoms with Crippen LogP contribution in [0.4, 0.5) is 21.5 Å². The predicted molar refractivity (Wildman–Crippen MR) is 127 cm³/mol. The number of nitrogens with one attached hydrogen (secondary N) is 3. The van der Waals surface area contributed by atoms with Crippen LogP contribution in [-0.4, -0.2) is 17.7 Å². The van der Waals surface area contributed by atoms with Crippen molar-refractivity contribution in [1.82, 2.24) is 0 Å². The van der Waals surface area contributed by atoms with Gasteiger partial charge < -0.3 is 20.4 Å². The molecular weight excluding hydrogens is 437 g/mol. The highest BCUT2D eigenvalue weighted by molar-refractivity contribution is 6.07. The number of anilines is 3. The number of hydrogen-bond donors (Lipinski definition) is 3. The van der Waals surface area contributed by atoms with Crippen molar-refractivity contribution in [2.75, 3.05) is 16.0 Å². The third kappa shape index (κ3) is 5.51. The van der Waals surface area contributed by atoms with Crippen molar-refractivity contribution in [1.29, 1.82) is 0 Å². The fourth-order valence-electron chi connectivity index (χ4n) is 4.06. The number of aryl methyl sites for hydroxylation is 1. The number of amides is 3. The first-order chi connectivity index (χ1) is 16.4. The molecular formula is C26H26FN3O4. The Kier molecular flexibility index (Phi) is 7.06. The number of carbonyl (C=O) groups is 3. The van der Waals surface area contributed by atoms with Gasteiger partial charge >= 0.3 is 0 Å². The van der Waals surface area contributed by atoms with E-state index in [1.807, 2.05) is 0 Å². The summed E-state index contributed by atoms with van der Waals surface area (Å²) in [5.74, 6) is -1.19. The van der Waals surface area contributed by atoms with E-state index in [0.29, 0.717) is 28.3 Å². The Bertz CT molecular complexity index is 1210. The molecule has 0 unspecified atom stereocenters. The summed E-state index contributed by atoms with van der Waals surface area (Å²) in [7, 11) is 0. The van der Waals surface area contributed by atoms with Crippen LogP contribution in [0.5, 0.6) is 0 Å². The molecule has 4 rings (SSSR count). The summed E-state index contributed by atoms with van der Waals surface area (Å²) in [6.07, 6.45) is 6.43. The van der Waals surface area contributed by atoms with Gasteiger partial charge in [0, 0.05) is 22.9 Å². The number of carbonyl (C=O) groups excluding carboxylic acids is 3. The van der Waals surface area contributed by atoms with Gasteiger partial charge in [-0.25, -0.2) is 4.39 Å². The van der Waals surface area contributed by atoms with E-state index in [0.717, 1.165) is 38.2 Å². The van der Waals surface area contributed by atoms with Crippen molar-refractivity contribution >= 4 is 34.8 Å². The van der Waals surface area contributed by atoms with E-state index in [2.05, 4.69) is 16.0 Å². The van der Waals surface area contributed by atoms with Crippen molar-refractivity contribution in [3.8, 4) is 0 Å². The zero-order valence-electron chi connectivity index (χ0n) is 18.8. The highest BCUT2D eigenvalue weighted by Crippen LogP contribution is 2.26. The minimum Gasteiger partial charge on any atom is -0.469 e. The van der Waals surface area contributed by atoms with Crippen LogP contribution < -0.4 is 16.0 Å². The molecule has 1 aliphatic rings. The van der Waals surface area contributed by atoms with Crippen LogP contribution in [0.3, 0.4) is 0 Å². The SMILES string of the molecule is Cc1occc1C(=O)Nc1cc(NC(=O)c2cccc(NC(=O)C3CCCCC3)c2)ccc1F. The summed E-state index contributed by atoms with van der Waals surface area (Å²) in [5, 5.41) is 8.10. The highest BCUT2D eigenvalue weighted by atomic mass is 19.1. The lowest BCUT2D eigenvalue weighted by molar-refractivity contribution is -0.120. The van der Waals surface area contributed by atoms with Crippen molar-refractivity contribution in [3.05, 3.63) is 77.5 Å². The summed E-state index contributed by atoms with van der Waals surface area (Å²) < 4.78 is 19.4. The maximum Gasteiger partial charge on any atom is 0.259 e. The predicted octanol–water partition coefficient (Wildman–Crippen LogP) is 5.75. The first kappa shape index (κ1) is 23.2. The molecule has 0 aliphatic heterocycles. The quantitative estimate of drug-likeness (QED) is 0.433. The molecule has 1 fully saturated rings. The summed E-state index contributed by atoms with van der Waals surface area (Å²) in [5.41, 5.74) is 1.41. The van der Waals surface area contributed by atoms with Gasteiger partial charge in [-0.15, -0.1) is 0 Å². The molecule has 0 spiro atoms. The van der Waals surface area contributed by atoms with Crippen molar-refractivity contribution in [2.45, 2.75) is 39.0 Å². The Morgan fingerprint density at radius 2 is 1.65 bits per heavy atom. The molecule has 2 aromatic carbocycles. The zero-order valence-corrected chi connectivity index (χ0v) is 18.8. The summed E-state index contributed by atoms with van der Waals surface area (Å²) >= 11 is 0. The van der Waals surface area contributed by atoms with E-state index in [1.165, 1.54) is 24.5 Å². The molecule has 0 saturated heterocycles. The number of halogens is 1. The van der Waals surface area contributed by atoms with Gasteiger partial charge in [0.1, 0.15) is 11.6 Å². The van der Waals surface area contributed by atoms with Gasteiger partial charge in [0.05, 0.1) is 17.5 Å². The van der Waals surface area contributed by atoms with Crippen LogP contribution in [0.1, 0.15) is 58.6 Å². The number of hydrogen-bond acceptors (Lipinski definition) is 4. The van der Waals surface area contributed by atoms with Crippen LogP contribution in [0, 0.1) is 18.7 Å². The fraction of sp³-hybridized carbons (Fsp3) is 0.269. The van der Waals surface area contributed by atoms with Crippen molar-refractivity contribution in [2.24, 2.45) is 5.92 Å². The van der Waals surface area contributed by atoms with Gasteiger partial charge in [-0.05, 0) is 62.2 Å². The average molecular weight is 464 g/mol. The minimum atomic E-state index is -0.639. The Labute approximate surface area is 196 Å². The number of rotatable bonds is 6. The van der Waals surface area contributed by atoms with E-state index in [-0.39, 0.29) is 17.5 Å². The molecule has 7 nitrogen and oxygen atoms in total. The van der Waals surface area contributed by atoms with E-state index in [9.17, 15) is 18.8 Å². The van der Waals surface area contributed by atoms with Gasteiger partial charge in [-0.2, -0.15) is 0 Å². The summed E-state index contributed by atoms with van der Waals surface area (Å²) in [6, 6.07) is 12.1. The molecule has 3 aromatic rings. The lowest BCUT2D eigenvalue weighted by atomic mass is 9.88. The molecule has 1 aliphatic carbocycles. The van der Waals surface area contributed by atoms with Gasteiger partial charge in [0.15, 0.2) is 0 Å². The minimum absolute atomic E-state index is 0.00455. The second-order valence-corrected chi connectivity index (χ2v) is 8.40. The van der Waals surface area contributed by atoms with Crippen molar-refractivity contribution in [3.63, 3.8) is 0 Å². The zero-order chi connectivity index (χ0) is 24.1. The Morgan fingerprint density at radius 3 is 2.38 bits per heavy atom. The van der Waals surface area contributed by atoms with E-state index in [1.54, 1.807) is 31.2 Å². The van der Waals surface area contributed by atoms with Gasteiger partial charge in [-0.3, -0.25) is 14.4 Å². The van der Waals surface area contributed by atoms with Crippen LogP contribution in [-0.2, 0) is 4.79 Å². The maximum absolute atomic E-state index is 14.3. The highest BCUT2D eigenvalue weighted by Gasteiger charge is 2.21. The first-order valence-corrected chi connectivity index (χ1v) is 11.3. The molecule has 8 heteroatoms. The Balaban J connectivity index is 1.43. The monoisotopic (exact) mass is 463 g/mol. The summed E-state index contributed by atoms with van der Waals surface area (Å²) in [4.78, 5) is 37.7. The molecule has 1 saturated carbocycles. The molecule has 1 heterocycles. The first-order valence-electron chi connectivity index (χ1n) is 11.3. The number of furan rings is 1. The lowest BCUT2D eigenvalue weighted by Gasteiger charge is -2.20. The standard InChI is InChI=1S/C26H26FN3O4/c1-16-21(12-13-34-16)26(33)30-23-15-20(10-11-22(23)27)29-25(32)18-8-5-9-19(14-18)28-24(31)17-6-3-2-4-7-17/h5,8-15,17H,2-4,6-7H2,1H3,(H,28,31)(H,29,32)(H,30,33). The van der Waals surface area contributed by atoms with Gasteiger partial charge in [-0.1, -0.05) is 25.3 Å². The largest absolute Gasteiger partial charge is 0.469 e. The molecule has 34 heavy (non-hydrogen) atoms. The van der Waals surface area contributed by atoms with E-state index in [4.69, 9.17) is 4.42 Å². The maximum atomic E-state index is 14.3. The van der Waals surface area contributed by atoms with Crippen LogP contribution in [0.15, 0.2) is 59.2 Å². The van der Waals surface area contributed by atoms with E-state index < -0.39 is 17.6 Å². The molecule has 1 aromatic heterocycles. The molecule has 0 atom stereocenters. The van der Waals surface area contributed by atoms with Crippen LogP contribution in [0.2, 0.25) is 0 Å². The average Bonchev–Trinajstić information content (AvgIpc) is 3.28. The van der Waals surface area contributed by atoms with E-state index >= 15 is 0 Å². The van der Waals surface area contributed by atoms with Crippen molar-refractivity contribution < 1.29 is 23.2 Å². The van der Waals surface area contributed by atoms with Gasteiger partial charge in [0.25, 0.3) is 11.8 Å². The topological polar surface area (TPSA) is 100 Å². The molecule has 176 valence electrons. The number of benzene rings is 2. The lowest BCUT2D eigenvalue weighted by Crippen LogP contribution is -2.24. The second kappa shape index (κ2) is 10.3. The molecule has 3 N–H and O–H groups in total. The smallest absolute Gasteiger partial charge is 0.259 e. The normalized spacial score (nSPS) is 13.8. The van der Waals surface area contributed by atoms with Crippen LogP contribution >= 0.6 is 0 Å². The molecule has 3 amide bonds. The summed E-state index contributed by atoms with van der Waals surface area (Å²) in [6.45, 7) is 1.63. The fourth-order valence-corrected chi connectivity index (χ4v) is 4.06. The Hall–Kier alpha value is -3.94. The van der Waals surface area contributed by atoms with Crippen LogP contribution in [0.25, 0.3) is 0 Å². The Morgan fingerprint density at radius 1 is 0.882 bits per heavy atom. The second-order valence-electron chi connectivity index (χ2n) is 8.40. The van der Waals surface area contributed by atoms with Gasteiger partial charge in [0.2, 0.25) is 5.91 Å². The third-order valence-corrected chi connectivity index (χ3v) is 5.94. The third-order valence-electron chi connectivity index (χ3n) is 5.94.